The van der Waals surface area contributed by atoms with Crippen LogP contribution in [0.5, 0.6) is 0 Å². The van der Waals surface area contributed by atoms with E-state index in [-0.39, 0.29) is 0 Å². The molecule has 0 aromatic heterocycles. The van der Waals surface area contributed by atoms with Gasteiger partial charge in [0.25, 0.3) is 0 Å². The van der Waals surface area contributed by atoms with E-state index in [1.807, 2.05) is 6.92 Å². The highest BCUT2D eigenvalue weighted by Crippen LogP contribution is 2.35. The topological polar surface area (TPSA) is 29.1 Å². The Morgan fingerprint density at radius 2 is 1.80 bits per heavy atom. The molecule has 1 N–H and O–H groups in total. The summed E-state index contributed by atoms with van der Waals surface area (Å²) in [7, 11) is 0. The fraction of sp³-hybridized carbons (Fsp3) is 0.533. The predicted molar refractivity (Wildman–Crippen MR) is 74.0 cm³/mol. The Kier molecular flexibility index (Phi) is 6.05. The molecule has 5 heteroatoms. The van der Waals surface area contributed by atoms with Crippen molar-refractivity contribution >= 4 is 12.0 Å². The number of benzene rings is 1. The third-order valence-corrected chi connectivity index (χ3v) is 3.21. The van der Waals surface area contributed by atoms with Crippen molar-refractivity contribution in [3.63, 3.8) is 0 Å². The third kappa shape index (κ3) is 4.25. The standard InChI is InChI=1S/C15H20F3NO/c1-3-11-9-12(4-2)14(19-7-5-6-8-20)10-13(11)15(16,17)18/h8-10,19H,3-7H2,1-2H3. The second-order valence-corrected chi connectivity index (χ2v) is 4.61. The second kappa shape index (κ2) is 7.31. The van der Waals surface area contributed by atoms with E-state index in [0.29, 0.717) is 43.5 Å². The van der Waals surface area contributed by atoms with Gasteiger partial charge < -0.3 is 10.1 Å². The highest BCUT2D eigenvalue weighted by atomic mass is 19.4. The molecule has 0 fully saturated rings. The highest BCUT2D eigenvalue weighted by molar-refractivity contribution is 5.57. The average molecular weight is 287 g/mol. The molecule has 1 rings (SSSR count). The number of hydrogen-bond acceptors (Lipinski definition) is 2. The van der Waals surface area contributed by atoms with Crippen molar-refractivity contribution in [1.29, 1.82) is 0 Å². The quantitative estimate of drug-likeness (QED) is 0.601. The molecule has 0 aliphatic heterocycles. The van der Waals surface area contributed by atoms with Crippen molar-refractivity contribution < 1.29 is 18.0 Å². The molecule has 0 aliphatic carbocycles. The Labute approximate surface area is 117 Å². The van der Waals surface area contributed by atoms with Crippen molar-refractivity contribution in [2.45, 2.75) is 45.7 Å². The van der Waals surface area contributed by atoms with Gasteiger partial charge in [-0.2, -0.15) is 13.2 Å². The molecule has 1 aromatic carbocycles. The lowest BCUT2D eigenvalue weighted by molar-refractivity contribution is -0.138. The van der Waals surface area contributed by atoms with E-state index in [1.54, 1.807) is 13.0 Å². The summed E-state index contributed by atoms with van der Waals surface area (Å²) < 4.78 is 39.1. The zero-order valence-electron chi connectivity index (χ0n) is 11.8. The number of aldehydes is 1. The van der Waals surface area contributed by atoms with Crippen LogP contribution in [-0.2, 0) is 23.8 Å². The predicted octanol–water partition coefficient (Wildman–Crippen LogP) is 4.22. The molecule has 0 amide bonds. The van der Waals surface area contributed by atoms with E-state index in [2.05, 4.69) is 5.32 Å². The first kappa shape index (κ1) is 16.5. The summed E-state index contributed by atoms with van der Waals surface area (Å²) in [6.45, 7) is 4.13. The molecule has 0 heterocycles. The first-order valence-electron chi connectivity index (χ1n) is 6.84. The number of alkyl halides is 3. The maximum absolute atomic E-state index is 13.0. The summed E-state index contributed by atoms with van der Waals surface area (Å²) in [4.78, 5) is 10.2. The van der Waals surface area contributed by atoms with Crippen molar-refractivity contribution in [2.24, 2.45) is 0 Å². The molecule has 1 aromatic rings. The number of halogens is 3. The fourth-order valence-corrected chi connectivity index (χ4v) is 2.12. The van der Waals surface area contributed by atoms with Gasteiger partial charge >= 0.3 is 6.18 Å². The molecule has 0 saturated carbocycles. The van der Waals surface area contributed by atoms with Crippen molar-refractivity contribution in [3.8, 4) is 0 Å². The fourth-order valence-electron chi connectivity index (χ4n) is 2.12. The van der Waals surface area contributed by atoms with Crippen molar-refractivity contribution in [3.05, 3.63) is 28.8 Å². The van der Waals surface area contributed by atoms with Crippen LogP contribution < -0.4 is 5.32 Å². The van der Waals surface area contributed by atoms with Crippen LogP contribution >= 0.6 is 0 Å². The van der Waals surface area contributed by atoms with Crippen molar-refractivity contribution in [1.82, 2.24) is 0 Å². The van der Waals surface area contributed by atoms with Crippen LogP contribution in [0.4, 0.5) is 18.9 Å². The van der Waals surface area contributed by atoms with Gasteiger partial charge in [0.2, 0.25) is 0 Å². The first-order valence-corrected chi connectivity index (χ1v) is 6.84. The van der Waals surface area contributed by atoms with Gasteiger partial charge in [0.1, 0.15) is 6.29 Å². The number of hydrogen-bond donors (Lipinski definition) is 1. The Morgan fingerprint density at radius 1 is 1.15 bits per heavy atom. The first-order chi connectivity index (χ1) is 9.43. The zero-order chi connectivity index (χ0) is 15.2. The summed E-state index contributed by atoms with van der Waals surface area (Å²) in [6, 6.07) is 2.82. The van der Waals surface area contributed by atoms with Crippen LogP contribution in [0, 0.1) is 0 Å². The third-order valence-electron chi connectivity index (χ3n) is 3.21. The molecule has 0 saturated heterocycles. The zero-order valence-corrected chi connectivity index (χ0v) is 11.8. The van der Waals surface area contributed by atoms with Gasteiger partial charge in [0.05, 0.1) is 5.56 Å². The maximum Gasteiger partial charge on any atom is 0.416 e. The molecule has 20 heavy (non-hydrogen) atoms. The van der Waals surface area contributed by atoms with Crippen LogP contribution in [0.2, 0.25) is 0 Å². The molecule has 2 nitrogen and oxygen atoms in total. The lowest BCUT2D eigenvalue weighted by atomic mass is 9.98. The van der Waals surface area contributed by atoms with E-state index in [4.69, 9.17) is 0 Å². The summed E-state index contributed by atoms with van der Waals surface area (Å²) in [5.41, 5.74) is 1.15. The summed E-state index contributed by atoms with van der Waals surface area (Å²) >= 11 is 0. The van der Waals surface area contributed by atoms with E-state index in [9.17, 15) is 18.0 Å². The highest BCUT2D eigenvalue weighted by Gasteiger charge is 2.33. The Hall–Kier alpha value is -1.52. The molecular formula is C15H20F3NO. The van der Waals surface area contributed by atoms with E-state index in [1.165, 1.54) is 6.07 Å². The van der Waals surface area contributed by atoms with Crippen LogP contribution in [0.15, 0.2) is 12.1 Å². The largest absolute Gasteiger partial charge is 0.416 e. The average Bonchev–Trinajstić information content (AvgIpc) is 2.41. The normalized spacial score (nSPS) is 11.4. The second-order valence-electron chi connectivity index (χ2n) is 4.61. The minimum atomic E-state index is -4.34. The van der Waals surface area contributed by atoms with Crippen molar-refractivity contribution in [2.75, 3.05) is 11.9 Å². The molecule has 0 atom stereocenters. The van der Waals surface area contributed by atoms with Gasteiger partial charge in [-0.25, -0.2) is 0 Å². The van der Waals surface area contributed by atoms with Crippen LogP contribution in [-0.4, -0.2) is 12.8 Å². The Balaban J connectivity index is 3.05. The summed E-state index contributed by atoms with van der Waals surface area (Å²) in [5.74, 6) is 0. The molecule has 112 valence electrons. The lowest BCUT2D eigenvalue weighted by Crippen LogP contribution is -2.12. The minimum absolute atomic E-state index is 0.327. The van der Waals surface area contributed by atoms with E-state index < -0.39 is 11.7 Å². The number of unbranched alkanes of at least 4 members (excludes halogenated alkanes) is 1. The van der Waals surface area contributed by atoms with Crippen LogP contribution in [0.25, 0.3) is 0 Å². The molecule has 0 bridgehead atoms. The van der Waals surface area contributed by atoms with E-state index in [0.717, 1.165) is 11.8 Å². The Bertz CT molecular complexity index is 455. The monoisotopic (exact) mass is 287 g/mol. The number of aryl methyl sites for hydroxylation is 2. The molecule has 0 aliphatic rings. The minimum Gasteiger partial charge on any atom is -0.385 e. The van der Waals surface area contributed by atoms with Gasteiger partial charge in [-0.3, -0.25) is 0 Å². The van der Waals surface area contributed by atoms with Crippen LogP contribution in [0.3, 0.4) is 0 Å². The SMILES string of the molecule is CCc1cc(CC)c(C(F)(F)F)cc1NCCCC=O. The number of carbonyl (C=O) groups is 1. The number of carbonyl (C=O) groups excluding carboxylic acids is 1. The van der Waals surface area contributed by atoms with Gasteiger partial charge in [0, 0.05) is 18.7 Å². The van der Waals surface area contributed by atoms with Gasteiger partial charge in [-0.15, -0.1) is 0 Å². The number of nitrogens with one attached hydrogen (secondary N) is 1. The summed E-state index contributed by atoms with van der Waals surface area (Å²) in [6.07, 6.45) is -1.48. The van der Waals surface area contributed by atoms with E-state index >= 15 is 0 Å². The molecule has 0 unspecified atom stereocenters. The molecular weight excluding hydrogens is 267 g/mol. The Morgan fingerprint density at radius 3 is 2.30 bits per heavy atom. The lowest BCUT2D eigenvalue weighted by Gasteiger charge is -2.18. The summed E-state index contributed by atoms with van der Waals surface area (Å²) in [5, 5.41) is 3.00. The van der Waals surface area contributed by atoms with Gasteiger partial charge in [0.15, 0.2) is 0 Å². The van der Waals surface area contributed by atoms with Gasteiger partial charge in [-0.05, 0) is 36.5 Å². The number of rotatable bonds is 7. The van der Waals surface area contributed by atoms with Crippen LogP contribution in [0.1, 0.15) is 43.4 Å². The number of anilines is 1. The molecule has 0 radical (unpaired) electrons. The maximum atomic E-state index is 13.0. The molecule has 0 spiro atoms. The smallest absolute Gasteiger partial charge is 0.385 e. The van der Waals surface area contributed by atoms with Gasteiger partial charge in [-0.1, -0.05) is 19.9 Å².